The summed E-state index contributed by atoms with van der Waals surface area (Å²) in [5, 5.41) is 0.466. The highest BCUT2D eigenvalue weighted by Crippen LogP contribution is 2.22. The van der Waals surface area contributed by atoms with Gasteiger partial charge >= 0.3 is 5.97 Å². The fourth-order valence-corrected chi connectivity index (χ4v) is 1.68. The number of hydrogen-bond acceptors (Lipinski definition) is 5. The van der Waals surface area contributed by atoms with Crippen molar-refractivity contribution in [3.63, 3.8) is 0 Å². The molecule has 1 aliphatic rings. The number of fused-ring (bicyclic) bond motifs is 1. The minimum absolute atomic E-state index is 0.0617. The molecule has 1 heterocycles. The standard InChI is InChI=1S/C14H11NO5/c1-2-8-19-9-7-12(16)20-15-13(17)10-5-3-4-6-11(10)14(15)18/h1,3-6H,7-9H2. The molecule has 0 unspecified atom stereocenters. The van der Waals surface area contributed by atoms with Gasteiger partial charge in [0.1, 0.15) is 6.61 Å². The summed E-state index contributed by atoms with van der Waals surface area (Å²) in [6.07, 6.45) is 4.87. The van der Waals surface area contributed by atoms with Gasteiger partial charge in [-0.25, -0.2) is 4.79 Å². The number of hydrogen-bond donors (Lipinski definition) is 0. The zero-order valence-corrected chi connectivity index (χ0v) is 10.5. The highest BCUT2D eigenvalue weighted by Gasteiger charge is 2.38. The zero-order valence-electron chi connectivity index (χ0n) is 10.5. The van der Waals surface area contributed by atoms with Crippen molar-refractivity contribution in [1.82, 2.24) is 5.06 Å². The predicted octanol–water partition coefficient (Wildman–Crippen LogP) is 0.781. The van der Waals surface area contributed by atoms with Crippen LogP contribution in [0.1, 0.15) is 27.1 Å². The Labute approximate surface area is 115 Å². The van der Waals surface area contributed by atoms with Gasteiger partial charge in [0.05, 0.1) is 24.2 Å². The zero-order chi connectivity index (χ0) is 14.5. The van der Waals surface area contributed by atoms with E-state index in [0.29, 0.717) is 5.06 Å². The van der Waals surface area contributed by atoms with Crippen LogP contribution in [0.2, 0.25) is 0 Å². The second kappa shape index (κ2) is 5.99. The first kappa shape index (κ1) is 13.8. The Morgan fingerprint density at radius 2 is 1.80 bits per heavy atom. The van der Waals surface area contributed by atoms with Crippen molar-refractivity contribution in [2.24, 2.45) is 0 Å². The summed E-state index contributed by atoms with van der Waals surface area (Å²) in [5.74, 6) is 0.209. The largest absolute Gasteiger partial charge is 0.368 e. The lowest BCUT2D eigenvalue weighted by Crippen LogP contribution is -2.32. The second-order valence-corrected chi connectivity index (χ2v) is 3.92. The summed E-state index contributed by atoms with van der Waals surface area (Å²) < 4.78 is 4.91. The number of ether oxygens (including phenoxy) is 1. The maximum atomic E-state index is 11.9. The molecular formula is C14H11NO5. The summed E-state index contributed by atoms with van der Waals surface area (Å²) in [5.41, 5.74) is 0.433. The van der Waals surface area contributed by atoms with E-state index in [1.54, 1.807) is 12.1 Å². The molecule has 20 heavy (non-hydrogen) atoms. The Bertz CT molecular complexity index is 567. The van der Waals surface area contributed by atoms with Crippen LogP contribution in [0.25, 0.3) is 0 Å². The molecule has 0 fully saturated rings. The van der Waals surface area contributed by atoms with E-state index in [1.807, 2.05) is 0 Å². The Morgan fingerprint density at radius 3 is 2.35 bits per heavy atom. The Hall–Kier alpha value is -2.65. The third-order valence-electron chi connectivity index (χ3n) is 2.59. The van der Waals surface area contributed by atoms with Crippen molar-refractivity contribution in [3.05, 3.63) is 35.4 Å². The third kappa shape index (κ3) is 2.68. The van der Waals surface area contributed by atoms with Crippen molar-refractivity contribution in [2.45, 2.75) is 6.42 Å². The van der Waals surface area contributed by atoms with Gasteiger partial charge in [0.2, 0.25) is 0 Å². The topological polar surface area (TPSA) is 72.9 Å². The lowest BCUT2D eigenvalue weighted by atomic mass is 10.1. The molecule has 0 saturated carbocycles. The molecule has 1 aliphatic heterocycles. The molecule has 1 aromatic rings. The van der Waals surface area contributed by atoms with Gasteiger partial charge in [-0.2, -0.15) is 0 Å². The molecule has 0 spiro atoms. The highest BCUT2D eigenvalue weighted by molar-refractivity contribution is 6.20. The quantitative estimate of drug-likeness (QED) is 0.450. The molecule has 2 amide bonds. The number of imide groups is 1. The van der Waals surface area contributed by atoms with Gasteiger partial charge in [0.15, 0.2) is 0 Å². The van der Waals surface area contributed by atoms with Crippen LogP contribution in [0, 0.1) is 12.3 Å². The first-order chi connectivity index (χ1) is 9.65. The molecule has 0 radical (unpaired) electrons. The van der Waals surface area contributed by atoms with Crippen LogP contribution in [-0.2, 0) is 14.4 Å². The van der Waals surface area contributed by atoms with Crippen LogP contribution in [0.4, 0.5) is 0 Å². The SMILES string of the molecule is C#CCOCCC(=O)ON1C(=O)c2ccccc2C1=O. The maximum Gasteiger partial charge on any atom is 0.335 e. The number of nitrogens with zero attached hydrogens (tertiary/aromatic N) is 1. The van der Waals surface area contributed by atoms with Crippen LogP contribution in [0.3, 0.4) is 0 Å². The van der Waals surface area contributed by atoms with Crippen molar-refractivity contribution in [1.29, 1.82) is 0 Å². The molecule has 6 nitrogen and oxygen atoms in total. The molecule has 1 aromatic carbocycles. The monoisotopic (exact) mass is 273 g/mol. The van der Waals surface area contributed by atoms with E-state index in [9.17, 15) is 14.4 Å². The van der Waals surface area contributed by atoms with Gasteiger partial charge in [-0.3, -0.25) is 9.59 Å². The third-order valence-corrected chi connectivity index (χ3v) is 2.59. The number of benzene rings is 1. The van der Waals surface area contributed by atoms with Gasteiger partial charge < -0.3 is 9.57 Å². The molecule has 0 atom stereocenters. The number of hydroxylamine groups is 2. The molecule has 0 bridgehead atoms. The lowest BCUT2D eigenvalue weighted by Gasteiger charge is -2.12. The predicted molar refractivity (Wildman–Crippen MR) is 67.3 cm³/mol. The maximum absolute atomic E-state index is 11.9. The van der Waals surface area contributed by atoms with Gasteiger partial charge in [-0.15, -0.1) is 6.42 Å². The Kier molecular flexibility index (Phi) is 4.13. The average molecular weight is 273 g/mol. The van der Waals surface area contributed by atoms with Crippen LogP contribution >= 0.6 is 0 Å². The molecule has 0 saturated heterocycles. The van der Waals surface area contributed by atoms with Crippen molar-refractivity contribution in [3.8, 4) is 12.3 Å². The number of carbonyl (C=O) groups excluding carboxylic acids is 3. The lowest BCUT2D eigenvalue weighted by molar-refractivity contribution is -0.169. The minimum atomic E-state index is -0.739. The molecule has 0 aliphatic carbocycles. The Morgan fingerprint density at radius 1 is 1.20 bits per heavy atom. The fraction of sp³-hybridized carbons (Fsp3) is 0.214. The summed E-state index contributed by atoms with van der Waals surface area (Å²) in [7, 11) is 0. The van der Waals surface area contributed by atoms with E-state index in [-0.39, 0.29) is 30.8 Å². The van der Waals surface area contributed by atoms with Crippen LogP contribution in [-0.4, -0.2) is 36.1 Å². The molecule has 2 rings (SSSR count). The second-order valence-electron chi connectivity index (χ2n) is 3.92. The first-order valence-corrected chi connectivity index (χ1v) is 5.85. The fourth-order valence-electron chi connectivity index (χ4n) is 1.68. The van der Waals surface area contributed by atoms with Crippen molar-refractivity contribution >= 4 is 17.8 Å². The summed E-state index contributed by atoms with van der Waals surface area (Å²) >= 11 is 0. The molecular weight excluding hydrogens is 262 g/mol. The number of rotatable bonds is 5. The van der Waals surface area contributed by atoms with Gasteiger partial charge in [-0.05, 0) is 12.1 Å². The number of terminal acetylenes is 1. The van der Waals surface area contributed by atoms with E-state index >= 15 is 0 Å². The number of amides is 2. The molecule has 6 heteroatoms. The van der Waals surface area contributed by atoms with Gasteiger partial charge in [0.25, 0.3) is 11.8 Å². The van der Waals surface area contributed by atoms with Gasteiger partial charge in [0, 0.05) is 0 Å². The normalized spacial score (nSPS) is 13.1. The van der Waals surface area contributed by atoms with E-state index in [1.165, 1.54) is 12.1 Å². The number of carbonyl (C=O) groups is 3. The minimum Gasteiger partial charge on any atom is -0.368 e. The molecule has 0 aromatic heterocycles. The highest BCUT2D eigenvalue weighted by atomic mass is 16.7. The average Bonchev–Trinajstić information content (AvgIpc) is 2.69. The summed E-state index contributed by atoms with van der Waals surface area (Å²) in [6, 6.07) is 6.25. The molecule has 102 valence electrons. The van der Waals surface area contributed by atoms with Crippen molar-refractivity contribution in [2.75, 3.05) is 13.2 Å². The summed E-state index contributed by atoms with van der Waals surface area (Å²) in [6.45, 7) is 0.145. The van der Waals surface area contributed by atoms with E-state index in [4.69, 9.17) is 16.0 Å². The van der Waals surface area contributed by atoms with Crippen molar-refractivity contribution < 1.29 is 24.0 Å². The Balaban J connectivity index is 1.95. The van der Waals surface area contributed by atoms with E-state index < -0.39 is 17.8 Å². The first-order valence-electron chi connectivity index (χ1n) is 5.85. The summed E-state index contributed by atoms with van der Waals surface area (Å²) in [4.78, 5) is 40.0. The van der Waals surface area contributed by atoms with Crippen LogP contribution in [0.15, 0.2) is 24.3 Å². The van der Waals surface area contributed by atoms with Gasteiger partial charge in [-0.1, -0.05) is 23.1 Å². The van der Waals surface area contributed by atoms with E-state index in [0.717, 1.165) is 0 Å². The molecule has 0 N–H and O–H groups in total. The van der Waals surface area contributed by atoms with Crippen LogP contribution < -0.4 is 0 Å². The van der Waals surface area contributed by atoms with Crippen LogP contribution in [0.5, 0.6) is 0 Å². The van der Waals surface area contributed by atoms with E-state index in [2.05, 4.69) is 5.92 Å². The smallest absolute Gasteiger partial charge is 0.335 e.